The Morgan fingerprint density at radius 2 is 1.45 bits per heavy atom. The molecule has 11 heteroatoms. The number of carbonyl (C=O) groups is 3. The van der Waals surface area contributed by atoms with Crippen LogP contribution in [0.1, 0.15) is 33.1 Å². The molecule has 22 heavy (non-hydrogen) atoms. The van der Waals surface area contributed by atoms with Crippen molar-refractivity contribution >= 4 is 17.9 Å². The number of nitrogens with two attached hydrogens (primary N) is 2. The third kappa shape index (κ3) is 25.3. The van der Waals surface area contributed by atoms with Crippen LogP contribution in [0.5, 0.6) is 0 Å². The largest absolute Gasteiger partial charge is 1.00 e. The number of hydrogen-bond acceptors (Lipinski definition) is 7. The summed E-state index contributed by atoms with van der Waals surface area (Å²) in [5, 5.41) is 27.9. The van der Waals surface area contributed by atoms with Crippen LogP contribution in [0.4, 0.5) is 0 Å². The second kappa shape index (κ2) is 19.3. The van der Waals surface area contributed by atoms with E-state index in [1.165, 1.54) is 0 Å². The Morgan fingerprint density at radius 3 is 1.64 bits per heavy atom. The van der Waals surface area contributed by atoms with E-state index in [9.17, 15) is 24.6 Å². The summed E-state index contributed by atoms with van der Waals surface area (Å²) in [5.41, 5.74) is 10.1. The molecule has 7 N–H and O–H groups in total. The smallest absolute Gasteiger partial charge is 0.550 e. The molecular weight excluding hydrogens is 318 g/mol. The third-order valence-electron chi connectivity index (χ3n) is 2.00. The van der Waals surface area contributed by atoms with Crippen LogP contribution < -0.4 is 80.8 Å². The minimum atomic E-state index is -1.44. The molecule has 0 aromatic carbocycles. The molecule has 0 aliphatic rings. The van der Waals surface area contributed by atoms with Crippen LogP contribution >= 0.6 is 0 Å². The van der Waals surface area contributed by atoms with E-state index in [1.807, 2.05) is 13.8 Å². The van der Waals surface area contributed by atoms with Crippen LogP contribution in [-0.2, 0) is 14.4 Å². The van der Waals surface area contributed by atoms with Gasteiger partial charge in [-0.25, -0.2) is 0 Å². The van der Waals surface area contributed by atoms with Gasteiger partial charge in [0.2, 0.25) is 0 Å². The van der Waals surface area contributed by atoms with Crippen LogP contribution in [0.2, 0.25) is 0 Å². The molecule has 0 bridgehead atoms. The Balaban J connectivity index is -0.0000000774. The van der Waals surface area contributed by atoms with Gasteiger partial charge >= 0.3 is 65.1 Å². The molecule has 0 aliphatic carbocycles. The fourth-order valence-corrected chi connectivity index (χ4v) is 1.000. The number of carboxylic acids is 3. The van der Waals surface area contributed by atoms with Crippen LogP contribution in [0, 0.1) is 5.92 Å². The molecule has 0 aromatic rings. The zero-order valence-corrected chi connectivity index (χ0v) is 17.5. The van der Waals surface area contributed by atoms with E-state index < -0.39 is 30.0 Å². The predicted octanol–water partition coefficient (Wildman–Crippen LogP) is -9.78. The van der Waals surface area contributed by atoms with E-state index >= 15 is 0 Å². The molecule has 0 rings (SSSR count). The van der Waals surface area contributed by atoms with E-state index in [-0.39, 0.29) is 77.4 Å². The zero-order chi connectivity index (χ0) is 15.6. The molecule has 0 fully saturated rings. The summed E-state index contributed by atoms with van der Waals surface area (Å²) in [5.74, 6) is -3.31. The van der Waals surface area contributed by atoms with Gasteiger partial charge in [-0.2, -0.15) is 0 Å². The Kier molecular flexibility index (Phi) is 29.7. The average molecular weight is 340 g/mol. The maximum absolute atomic E-state index is 10.1. The van der Waals surface area contributed by atoms with Crippen molar-refractivity contribution in [3.63, 3.8) is 0 Å². The van der Waals surface area contributed by atoms with E-state index in [1.54, 1.807) is 0 Å². The molecule has 0 amide bonds. The molecule has 0 aliphatic heterocycles. The second-order valence-electron chi connectivity index (χ2n) is 4.41. The van der Waals surface area contributed by atoms with Crippen molar-refractivity contribution in [3.05, 3.63) is 0 Å². The van der Waals surface area contributed by atoms with Crippen molar-refractivity contribution in [2.75, 3.05) is 0 Å². The summed E-state index contributed by atoms with van der Waals surface area (Å²) >= 11 is 0. The van der Waals surface area contributed by atoms with Crippen LogP contribution in [0.25, 0.3) is 0 Å². The van der Waals surface area contributed by atoms with Crippen molar-refractivity contribution in [1.82, 2.24) is 0 Å². The maximum Gasteiger partial charge on any atom is 1.00 e. The van der Waals surface area contributed by atoms with Gasteiger partial charge in [0.1, 0.15) is 6.04 Å². The van der Waals surface area contributed by atoms with E-state index in [0.29, 0.717) is 12.3 Å². The van der Waals surface area contributed by atoms with Gasteiger partial charge in [0.15, 0.2) is 0 Å². The molecule has 0 unspecified atom stereocenters. The van der Waals surface area contributed by atoms with E-state index in [2.05, 4.69) is 0 Å². The van der Waals surface area contributed by atoms with Gasteiger partial charge in [-0.15, -0.1) is 0 Å². The van der Waals surface area contributed by atoms with Gasteiger partial charge < -0.3 is 41.9 Å². The fraction of sp³-hybridized carbons (Fsp3) is 0.727. The third-order valence-corrected chi connectivity index (χ3v) is 2.00. The van der Waals surface area contributed by atoms with Crippen molar-refractivity contribution in [2.45, 2.75) is 45.2 Å². The second-order valence-corrected chi connectivity index (χ2v) is 4.41. The SMILES string of the molecule is CC(C)C[C@H](N)C(=O)O.N[C@@H](CCC(=O)[O-])C(=O)[O-].O.[Na+].[Na+]. The minimum absolute atomic E-state index is 0. The first-order chi connectivity index (χ1) is 8.57. The number of carbonyl (C=O) groups excluding carboxylic acids is 2. The normalized spacial score (nSPS) is 11.3. The summed E-state index contributed by atoms with van der Waals surface area (Å²) in [4.78, 5) is 29.7. The van der Waals surface area contributed by atoms with E-state index in [0.717, 1.165) is 0 Å². The standard InChI is InChI=1S/C6H13NO2.C5H9NO4.2Na.H2O/c1-4(2)3-5(7)6(8)9;6-3(5(9)10)1-2-4(7)8;;;/h4-5H,3,7H2,1-2H3,(H,8,9);3H,1-2,6H2,(H,7,8)(H,9,10);;;1H2/q;;2*+1;/p-2/t5-;3-;;;/m00.../s1. The first-order valence-corrected chi connectivity index (χ1v) is 5.72. The maximum atomic E-state index is 10.1. The summed E-state index contributed by atoms with van der Waals surface area (Å²) in [6.07, 6.45) is 0.0507. The molecule has 0 spiro atoms. The molecule has 0 aromatic heterocycles. The van der Waals surface area contributed by atoms with Crippen molar-refractivity contribution in [1.29, 1.82) is 0 Å². The van der Waals surface area contributed by atoms with Gasteiger partial charge in [0, 0.05) is 12.0 Å². The van der Waals surface area contributed by atoms with Crippen LogP contribution in [-0.4, -0.2) is 40.6 Å². The van der Waals surface area contributed by atoms with E-state index in [4.69, 9.17) is 16.6 Å². The topological polar surface area (TPSA) is 201 Å². The van der Waals surface area contributed by atoms with Crippen LogP contribution in [0.15, 0.2) is 0 Å². The molecule has 9 nitrogen and oxygen atoms in total. The monoisotopic (exact) mass is 340 g/mol. The molecule has 0 saturated heterocycles. The number of aliphatic carboxylic acids is 3. The summed E-state index contributed by atoms with van der Waals surface area (Å²) in [7, 11) is 0. The average Bonchev–Trinajstić information content (AvgIpc) is 2.25. The quantitative estimate of drug-likeness (QED) is 0.379. The van der Waals surface area contributed by atoms with Gasteiger partial charge in [-0.1, -0.05) is 13.8 Å². The Bertz CT molecular complexity index is 317. The number of rotatable bonds is 7. The zero-order valence-electron chi connectivity index (χ0n) is 13.5. The fourth-order valence-electron chi connectivity index (χ4n) is 1.000. The first kappa shape index (κ1) is 33.8. The van der Waals surface area contributed by atoms with Crippen LogP contribution in [0.3, 0.4) is 0 Å². The summed E-state index contributed by atoms with van der Waals surface area (Å²) < 4.78 is 0. The Labute approximate surface area is 173 Å². The molecule has 0 saturated carbocycles. The first-order valence-electron chi connectivity index (χ1n) is 5.72. The molecular formula is C11H22N2Na2O7. The summed E-state index contributed by atoms with van der Waals surface area (Å²) in [6.45, 7) is 3.89. The Morgan fingerprint density at radius 1 is 1.05 bits per heavy atom. The van der Waals surface area contributed by atoms with Crippen molar-refractivity contribution in [3.8, 4) is 0 Å². The summed E-state index contributed by atoms with van der Waals surface area (Å²) in [6, 6.07) is -1.90. The van der Waals surface area contributed by atoms with Gasteiger partial charge in [-0.05, 0) is 25.2 Å². The molecule has 2 atom stereocenters. The van der Waals surface area contributed by atoms with Gasteiger partial charge in [-0.3, -0.25) is 4.79 Å². The Hall–Kier alpha value is 0.290. The molecule has 0 radical (unpaired) electrons. The molecule has 0 heterocycles. The van der Waals surface area contributed by atoms with Gasteiger partial charge in [0.05, 0.1) is 5.97 Å². The number of hydrogen-bond donors (Lipinski definition) is 3. The minimum Gasteiger partial charge on any atom is -0.550 e. The van der Waals surface area contributed by atoms with Gasteiger partial charge in [0.25, 0.3) is 0 Å². The number of carboxylic acid groups (broad SMARTS) is 3. The predicted molar refractivity (Wildman–Crippen MR) is 65.9 cm³/mol. The molecule has 120 valence electrons. The van der Waals surface area contributed by atoms with Crippen molar-refractivity contribution in [2.24, 2.45) is 17.4 Å². The van der Waals surface area contributed by atoms with Crippen molar-refractivity contribution < 1.29 is 94.3 Å².